The van der Waals surface area contributed by atoms with Crippen molar-refractivity contribution in [2.24, 2.45) is 0 Å². The van der Waals surface area contributed by atoms with Crippen LogP contribution in [0.2, 0.25) is 0 Å². The van der Waals surface area contributed by atoms with E-state index >= 15 is 0 Å². The van der Waals surface area contributed by atoms with Gasteiger partial charge in [-0.3, -0.25) is 4.90 Å². The molecule has 0 N–H and O–H groups in total. The van der Waals surface area contributed by atoms with Crippen molar-refractivity contribution < 1.29 is 4.39 Å². The Morgan fingerprint density at radius 3 is 2.67 bits per heavy atom. The number of piperidine rings is 1. The molecular formula is C13H18FN. The van der Waals surface area contributed by atoms with Gasteiger partial charge in [0, 0.05) is 6.04 Å². The average molecular weight is 207 g/mol. The number of nitrogens with zero attached hydrogens (tertiary/aromatic N) is 1. The third-order valence-corrected chi connectivity index (χ3v) is 3.27. The zero-order valence-electron chi connectivity index (χ0n) is 9.25. The van der Waals surface area contributed by atoms with Gasteiger partial charge in [-0.2, -0.15) is 0 Å². The fourth-order valence-electron chi connectivity index (χ4n) is 2.43. The van der Waals surface area contributed by atoms with Gasteiger partial charge in [0.2, 0.25) is 0 Å². The summed E-state index contributed by atoms with van der Waals surface area (Å²) in [6.45, 7) is 4.46. The highest BCUT2D eigenvalue weighted by atomic mass is 19.1. The van der Waals surface area contributed by atoms with Crippen LogP contribution >= 0.6 is 0 Å². The molecular weight excluding hydrogens is 189 g/mol. The molecule has 1 fully saturated rings. The van der Waals surface area contributed by atoms with Crippen LogP contribution < -0.4 is 0 Å². The molecule has 0 radical (unpaired) electrons. The summed E-state index contributed by atoms with van der Waals surface area (Å²) in [5.74, 6) is -0.141. The third kappa shape index (κ3) is 2.37. The van der Waals surface area contributed by atoms with Gasteiger partial charge in [0.1, 0.15) is 5.82 Å². The number of hydrogen-bond donors (Lipinski definition) is 0. The summed E-state index contributed by atoms with van der Waals surface area (Å²) < 4.78 is 12.8. The largest absolute Gasteiger partial charge is 0.297 e. The highest BCUT2D eigenvalue weighted by Crippen LogP contribution is 2.30. The normalized spacial score (nSPS) is 22.9. The third-order valence-electron chi connectivity index (χ3n) is 3.27. The van der Waals surface area contributed by atoms with Gasteiger partial charge in [0.05, 0.1) is 0 Å². The molecule has 0 aromatic heterocycles. The fraction of sp³-hybridized carbons (Fsp3) is 0.538. The van der Waals surface area contributed by atoms with Crippen LogP contribution in [0.15, 0.2) is 24.3 Å². The van der Waals surface area contributed by atoms with Gasteiger partial charge in [-0.05, 0) is 43.6 Å². The summed E-state index contributed by atoms with van der Waals surface area (Å²) in [4.78, 5) is 2.48. The highest BCUT2D eigenvalue weighted by molar-refractivity contribution is 5.20. The number of benzene rings is 1. The van der Waals surface area contributed by atoms with Crippen molar-refractivity contribution >= 4 is 0 Å². The lowest BCUT2D eigenvalue weighted by Gasteiger charge is -2.35. The van der Waals surface area contributed by atoms with Gasteiger partial charge in [0.25, 0.3) is 0 Å². The molecule has 0 amide bonds. The summed E-state index contributed by atoms with van der Waals surface area (Å²) in [7, 11) is 0. The average Bonchev–Trinajstić information content (AvgIpc) is 2.30. The van der Waals surface area contributed by atoms with E-state index in [-0.39, 0.29) is 5.82 Å². The van der Waals surface area contributed by atoms with Crippen LogP contribution in [-0.2, 0) is 0 Å². The molecule has 1 aromatic carbocycles. The Morgan fingerprint density at radius 2 is 2.00 bits per heavy atom. The Kier molecular flexibility index (Phi) is 3.37. The monoisotopic (exact) mass is 207 g/mol. The first-order chi connectivity index (χ1) is 7.31. The Bertz CT molecular complexity index is 307. The molecule has 0 bridgehead atoms. The van der Waals surface area contributed by atoms with Gasteiger partial charge in [-0.1, -0.05) is 25.5 Å². The molecule has 0 aliphatic carbocycles. The first kappa shape index (κ1) is 10.6. The van der Waals surface area contributed by atoms with Gasteiger partial charge >= 0.3 is 0 Å². The maximum atomic E-state index is 12.8. The van der Waals surface area contributed by atoms with E-state index in [0.717, 1.165) is 6.54 Å². The maximum Gasteiger partial charge on any atom is 0.123 e. The second-order valence-electron chi connectivity index (χ2n) is 4.19. The lowest BCUT2D eigenvalue weighted by Crippen LogP contribution is -2.33. The first-order valence-corrected chi connectivity index (χ1v) is 5.81. The minimum Gasteiger partial charge on any atom is -0.297 e. The van der Waals surface area contributed by atoms with Gasteiger partial charge in [-0.15, -0.1) is 0 Å². The fourth-order valence-corrected chi connectivity index (χ4v) is 2.43. The number of rotatable bonds is 2. The second-order valence-corrected chi connectivity index (χ2v) is 4.19. The zero-order chi connectivity index (χ0) is 10.7. The van der Waals surface area contributed by atoms with Crippen molar-refractivity contribution in [2.75, 3.05) is 13.1 Å². The predicted octanol–water partition coefficient (Wildman–Crippen LogP) is 3.37. The van der Waals surface area contributed by atoms with Crippen LogP contribution in [0.1, 0.15) is 37.8 Å². The summed E-state index contributed by atoms with van der Waals surface area (Å²) in [6, 6.07) is 7.49. The number of hydrogen-bond acceptors (Lipinski definition) is 1. The Balaban J connectivity index is 2.16. The van der Waals surface area contributed by atoms with Crippen molar-refractivity contribution in [2.45, 2.75) is 32.2 Å². The SMILES string of the molecule is CCN1CCCCC1c1ccc(F)cc1. The highest BCUT2D eigenvalue weighted by Gasteiger charge is 2.22. The topological polar surface area (TPSA) is 3.24 Å². The molecule has 1 nitrogen and oxygen atoms in total. The smallest absolute Gasteiger partial charge is 0.123 e. The minimum absolute atomic E-state index is 0.141. The van der Waals surface area contributed by atoms with Crippen molar-refractivity contribution in [1.29, 1.82) is 0 Å². The van der Waals surface area contributed by atoms with E-state index in [1.54, 1.807) is 12.1 Å². The lowest BCUT2D eigenvalue weighted by molar-refractivity contribution is 0.157. The molecule has 1 aliphatic rings. The summed E-state index contributed by atoms with van der Waals surface area (Å²) in [5.41, 5.74) is 1.26. The molecule has 0 saturated carbocycles. The summed E-state index contributed by atoms with van der Waals surface area (Å²) >= 11 is 0. The van der Waals surface area contributed by atoms with E-state index < -0.39 is 0 Å². The standard InChI is InChI=1S/C13H18FN/c1-2-15-10-4-3-5-13(15)11-6-8-12(14)9-7-11/h6-9,13H,2-5,10H2,1H3. The molecule has 1 aromatic rings. The van der Waals surface area contributed by atoms with E-state index in [9.17, 15) is 4.39 Å². The summed E-state index contributed by atoms with van der Waals surface area (Å²) in [5, 5.41) is 0. The molecule has 1 saturated heterocycles. The van der Waals surface area contributed by atoms with E-state index in [1.807, 2.05) is 12.1 Å². The Labute approximate surface area is 90.9 Å². The van der Waals surface area contributed by atoms with Crippen LogP contribution in [0.5, 0.6) is 0 Å². The summed E-state index contributed by atoms with van der Waals surface area (Å²) in [6.07, 6.45) is 3.80. The minimum atomic E-state index is -0.141. The maximum absolute atomic E-state index is 12.8. The van der Waals surface area contributed by atoms with Crippen LogP contribution in [0, 0.1) is 5.82 Å². The van der Waals surface area contributed by atoms with Crippen LogP contribution in [0.25, 0.3) is 0 Å². The van der Waals surface area contributed by atoms with E-state index in [0.29, 0.717) is 6.04 Å². The van der Waals surface area contributed by atoms with Crippen LogP contribution in [-0.4, -0.2) is 18.0 Å². The molecule has 2 rings (SSSR count). The molecule has 1 atom stereocenters. The van der Waals surface area contributed by atoms with Crippen molar-refractivity contribution in [3.8, 4) is 0 Å². The quantitative estimate of drug-likeness (QED) is 0.718. The second kappa shape index (κ2) is 4.75. The zero-order valence-corrected chi connectivity index (χ0v) is 9.25. The number of likely N-dealkylation sites (tertiary alicyclic amines) is 1. The van der Waals surface area contributed by atoms with Crippen LogP contribution in [0.4, 0.5) is 4.39 Å². The Hall–Kier alpha value is -0.890. The van der Waals surface area contributed by atoms with E-state index in [2.05, 4.69) is 11.8 Å². The molecule has 1 heterocycles. The number of halogens is 1. The lowest BCUT2D eigenvalue weighted by atomic mass is 9.95. The molecule has 82 valence electrons. The molecule has 2 heteroatoms. The van der Waals surface area contributed by atoms with Gasteiger partial charge < -0.3 is 0 Å². The van der Waals surface area contributed by atoms with E-state index in [4.69, 9.17) is 0 Å². The van der Waals surface area contributed by atoms with Crippen molar-refractivity contribution in [3.63, 3.8) is 0 Å². The van der Waals surface area contributed by atoms with Crippen molar-refractivity contribution in [3.05, 3.63) is 35.6 Å². The first-order valence-electron chi connectivity index (χ1n) is 5.81. The molecule has 1 unspecified atom stereocenters. The van der Waals surface area contributed by atoms with Crippen molar-refractivity contribution in [1.82, 2.24) is 4.90 Å². The van der Waals surface area contributed by atoms with Gasteiger partial charge in [0.15, 0.2) is 0 Å². The van der Waals surface area contributed by atoms with E-state index in [1.165, 1.54) is 31.4 Å². The molecule has 1 aliphatic heterocycles. The Morgan fingerprint density at radius 1 is 1.27 bits per heavy atom. The predicted molar refractivity (Wildman–Crippen MR) is 60.2 cm³/mol. The molecule has 0 spiro atoms. The van der Waals surface area contributed by atoms with Gasteiger partial charge in [-0.25, -0.2) is 4.39 Å². The van der Waals surface area contributed by atoms with Crippen LogP contribution in [0.3, 0.4) is 0 Å². The molecule has 15 heavy (non-hydrogen) atoms.